The molecular formula is C28H30N2O7. The molecule has 0 aromatic heterocycles. The number of carboxylic acid groups (broad SMARTS) is 1. The molecule has 3 atom stereocenters. The molecule has 0 saturated heterocycles. The zero-order valence-electron chi connectivity index (χ0n) is 20.6. The Morgan fingerprint density at radius 2 is 1.78 bits per heavy atom. The minimum absolute atomic E-state index is 0.0548. The number of para-hydroxylation sites is 1. The minimum Gasteiger partial charge on any atom is -0.481 e. The number of alkyl carbamates (subject to hydrolysis) is 1. The summed E-state index contributed by atoms with van der Waals surface area (Å²) in [7, 11) is 0. The fraction of sp³-hybridized carbons (Fsp3) is 0.393. The normalized spacial score (nSPS) is 18.9. The van der Waals surface area contributed by atoms with Crippen LogP contribution in [0.5, 0.6) is 0 Å². The Kier molecular flexibility index (Phi) is 8.01. The molecule has 194 valence electrons. The van der Waals surface area contributed by atoms with E-state index in [1.165, 1.54) is 4.90 Å². The summed E-state index contributed by atoms with van der Waals surface area (Å²) in [5, 5.41) is 11.9. The number of anilines is 1. The van der Waals surface area contributed by atoms with Gasteiger partial charge in [-0.05, 0) is 29.5 Å². The van der Waals surface area contributed by atoms with E-state index in [1.807, 2.05) is 48.5 Å². The molecule has 0 radical (unpaired) electrons. The lowest BCUT2D eigenvalue weighted by Crippen LogP contribution is -2.52. The second-order valence-electron chi connectivity index (χ2n) is 9.44. The molecule has 37 heavy (non-hydrogen) atoms. The van der Waals surface area contributed by atoms with E-state index in [-0.39, 0.29) is 37.4 Å². The van der Waals surface area contributed by atoms with E-state index in [9.17, 15) is 29.1 Å². The van der Waals surface area contributed by atoms with Crippen molar-refractivity contribution in [2.24, 2.45) is 5.92 Å². The van der Waals surface area contributed by atoms with Crippen LogP contribution in [0.25, 0.3) is 0 Å². The van der Waals surface area contributed by atoms with Crippen molar-refractivity contribution in [1.82, 2.24) is 5.32 Å². The highest BCUT2D eigenvalue weighted by Gasteiger charge is 2.44. The predicted molar refractivity (Wildman–Crippen MR) is 134 cm³/mol. The fourth-order valence-corrected chi connectivity index (χ4v) is 5.11. The van der Waals surface area contributed by atoms with E-state index >= 15 is 0 Å². The predicted octanol–water partition coefficient (Wildman–Crippen LogP) is 3.21. The van der Waals surface area contributed by atoms with Crippen molar-refractivity contribution in [1.29, 1.82) is 0 Å². The molecular weight excluding hydrogens is 476 g/mol. The number of nitrogens with zero attached hydrogens (tertiary/aromatic N) is 1. The zero-order chi connectivity index (χ0) is 26.5. The monoisotopic (exact) mass is 506 g/mol. The molecule has 2 amide bonds. The third-order valence-corrected chi connectivity index (χ3v) is 6.96. The van der Waals surface area contributed by atoms with Gasteiger partial charge in [0.25, 0.3) is 0 Å². The first-order valence-electron chi connectivity index (χ1n) is 12.5. The lowest BCUT2D eigenvalue weighted by atomic mass is 9.89. The number of carbonyl (C=O) groups excluding carboxylic acids is 4. The average molecular weight is 507 g/mol. The maximum atomic E-state index is 13.7. The van der Waals surface area contributed by atoms with E-state index in [0.717, 1.165) is 16.7 Å². The highest BCUT2D eigenvalue weighted by atomic mass is 16.5. The molecule has 9 nitrogen and oxygen atoms in total. The van der Waals surface area contributed by atoms with Gasteiger partial charge in [-0.3, -0.25) is 24.1 Å². The molecule has 2 aromatic carbocycles. The van der Waals surface area contributed by atoms with Gasteiger partial charge in [0.15, 0.2) is 5.78 Å². The number of carbonyl (C=O) groups is 5. The molecule has 2 aliphatic rings. The van der Waals surface area contributed by atoms with Crippen LogP contribution >= 0.6 is 0 Å². The van der Waals surface area contributed by atoms with Crippen LogP contribution in [0.4, 0.5) is 10.5 Å². The van der Waals surface area contributed by atoms with Gasteiger partial charge in [0, 0.05) is 25.2 Å². The van der Waals surface area contributed by atoms with Crippen LogP contribution in [0.2, 0.25) is 0 Å². The fourth-order valence-electron chi connectivity index (χ4n) is 5.11. The molecule has 9 heteroatoms. The number of ether oxygens (including phenoxy) is 1. The number of aryl methyl sites for hydroxylation is 1. The highest BCUT2D eigenvalue weighted by molar-refractivity contribution is 6.08. The van der Waals surface area contributed by atoms with Crippen molar-refractivity contribution < 1.29 is 33.8 Å². The Labute approximate surface area is 214 Å². The second kappa shape index (κ2) is 11.4. The second-order valence-corrected chi connectivity index (χ2v) is 9.44. The van der Waals surface area contributed by atoms with E-state index in [4.69, 9.17) is 4.74 Å². The number of amides is 2. The Bertz CT molecular complexity index is 1210. The van der Waals surface area contributed by atoms with Crippen LogP contribution < -0.4 is 10.2 Å². The first-order valence-corrected chi connectivity index (χ1v) is 12.5. The van der Waals surface area contributed by atoms with Gasteiger partial charge in [-0.2, -0.15) is 0 Å². The first kappa shape index (κ1) is 26.1. The zero-order valence-corrected chi connectivity index (χ0v) is 20.6. The summed E-state index contributed by atoms with van der Waals surface area (Å²) in [5.74, 6) is -3.18. The summed E-state index contributed by atoms with van der Waals surface area (Å²) in [6, 6.07) is 13.0. The number of hydrogen-bond donors (Lipinski definition) is 2. The maximum Gasteiger partial charge on any atom is 0.408 e. The van der Waals surface area contributed by atoms with Gasteiger partial charge in [-0.25, -0.2) is 4.79 Å². The quantitative estimate of drug-likeness (QED) is 0.506. The molecule has 2 N–H and O–H groups in total. The standard InChI is InChI=1S/C28H30N2O7/c1-2-23(31)20(15-25(33)34)14-24(32)22-13-19-10-6-9-18-11-12-21(27(35)30(22)26(18)19)29-28(36)37-16-17-7-4-3-5-8-17/h3-10,20-22H,2,11-16H2,1H3,(H,29,36)(H,33,34)/t20?,21-,22-/m0/s1. The first-order chi connectivity index (χ1) is 17.8. The summed E-state index contributed by atoms with van der Waals surface area (Å²) < 4.78 is 5.30. The number of hydrogen-bond acceptors (Lipinski definition) is 6. The third kappa shape index (κ3) is 5.87. The van der Waals surface area contributed by atoms with Crippen LogP contribution in [-0.2, 0) is 43.4 Å². The van der Waals surface area contributed by atoms with Crippen LogP contribution in [-0.4, -0.2) is 46.7 Å². The summed E-state index contributed by atoms with van der Waals surface area (Å²) in [6.07, 6.45) is -0.165. The summed E-state index contributed by atoms with van der Waals surface area (Å²) >= 11 is 0. The van der Waals surface area contributed by atoms with E-state index in [2.05, 4.69) is 5.32 Å². The smallest absolute Gasteiger partial charge is 0.408 e. The lowest BCUT2D eigenvalue weighted by Gasteiger charge is -2.28. The largest absolute Gasteiger partial charge is 0.481 e. The van der Waals surface area contributed by atoms with Crippen molar-refractivity contribution in [3.8, 4) is 0 Å². The molecule has 0 spiro atoms. The number of aliphatic carboxylic acids is 1. The van der Waals surface area contributed by atoms with Crippen LogP contribution in [0.15, 0.2) is 48.5 Å². The van der Waals surface area contributed by atoms with E-state index < -0.39 is 42.4 Å². The molecule has 2 heterocycles. The van der Waals surface area contributed by atoms with Gasteiger partial charge in [0.1, 0.15) is 18.4 Å². The Morgan fingerprint density at radius 1 is 1.05 bits per heavy atom. The van der Waals surface area contributed by atoms with Gasteiger partial charge in [0.05, 0.1) is 18.2 Å². The van der Waals surface area contributed by atoms with Crippen molar-refractivity contribution in [2.75, 3.05) is 4.90 Å². The summed E-state index contributed by atoms with van der Waals surface area (Å²) in [5.41, 5.74) is 3.22. The number of Topliss-reactive ketones (excluding diaryl/α,β-unsaturated/α-hetero) is 2. The number of benzene rings is 2. The summed E-state index contributed by atoms with van der Waals surface area (Å²) in [4.78, 5) is 64.7. The SMILES string of the molecule is CCC(=O)C(CC(=O)O)CC(=O)[C@@H]1Cc2cccc3c2N1C(=O)[C@@H](NC(=O)OCc1ccccc1)CC3. The number of nitrogens with one attached hydrogen (secondary N) is 1. The molecule has 0 aliphatic carbocycles. The van der Waals surface area contributed by atoms with E-state index in [1.54, 1.807) is 6.92 Å². The topological polar surface area (TPSA) is 130 Å². The van der Waals surface area contributed by atoms with Crippen molar-refractivity contribution in [3.63, 3.8) is 0 Å². The van der Waals surface area contributed by atoms with Crippen LogP contribution in [0.3, 0.4) is 0 Å². The molecule has 1 unspecified atom stereocenters. The third-order valence-electron chi connectivity index (χ3n) is 6.96. The highest BCUT2D eigenvalue weighted by Crippen LogP contribution is 2.40. The molecule has 2 aliphatic heterocycles. The minimum atomic E-state index is -1.15. The average Bonchev–Trinajstić information content (AvgIpc) is 3.23. The van der Waals surface area contributed by atoms with Gasteiger partial charge in [-0.1, -0.05) is 55.5 Å². The molecule has 0 saturated carbocycles. The number of ketones is 2. The van der Waals surface area contributed by atoms with Crippen molar-refractivity contribution in [2.45, 2.75) is 64.1 Å². The summed E-state index contributed by atoms with van der Waals surface area (Å²) in [6.45, 7) is 1.68. The number of rotatable bonds is 10. The Balaban J connectivity index is 1.52. The Morgan fingerprint density at radius 3 is 2.49 bits per heavy atom. The molecule has 0 bridgehead atoms. The van der Waals surface area contributed by atoms with Crippen molar-refractivity contribution in [3.05, 3.63) is 65.2 Å². The lowest BCUT2D eigenvalue weighted by molar-refractivity contribution is -0.141. The Hall–Kier alpha value is -4.01. The van der Waals surface area contributed by atoms with Gasteiger partial charge >= 0.3 is 12.1 Å². The van der Waals surface area contributed by atoms with Crippen LogP contribution in [0, 0.1) is 5.92 Å². The van der Waals surface area contributed by atoms with Gasteiger partial charge in [-0.15, -0.1) is 0 Å². The molecule has 2 aromatic rings. The van der Waals surface area contributed by atoms with Gasteiger partial charge < -0.3 is 15.2 Å². The molecule has 4 rings (SSSR count). The molecule has 0 fully saturated rings. The maximum absolute atomic E-state index is 13.7. The number of carboxylic acids is 1. The van der Waals surface area contributed by atoms with Gasteiger partial charge in [0.2, 0.25) is 5.91 Å². The van der Waals surface area contributed by atoms with E-state index in [0.29, 0.717) is 18.5 Å². The van der Waals surface area contributed by atoms with Crippen LogP contribution in [0.1, 0.15) is 49.3 Å². The van der Waals surface area contributed by atoms with Crippen molar-refractivity contribution >= 4 is 35.2 Å².